The molecule has 0 bridgehead atoms. The zero-order valence-electron chi connectivity index (χ0n) is 76.8. The molecular formula is C110H98BN5. The first kappa shape index (κ1) is 63.7. The van der Waals surface area contributed by atoms with Crippen molar-refractivity contribution < 1.29 is 11.0 Å². The smallest absolute Gasteiger partial charge is 0.252 e. The van der Waals surface area contributed by atoms with Crippen LogP contribution in [-0.2, 0) is 27.1 Å². The predicted octanol–water partition coefficient (Wildman–Crippen LogP) is 28.2. The van der Waals surface area contributed by atoms with Crippen LogP contribution in [0.25, 0.3) is 127 Å². The molecule has 0 atom stereocenters. The third-order valence-corrected chi connectivity index (χ3v) is 24.6. The first-order valence-electron chi connectivity index (χ1n) is 44.8. The number of hydrogen-bond acceptors (Lipinski definition) is 2. The van der Waals surface area contributed by atoms with Crippen molar-refractivity contribution in [3.05, 3.63) is 349 Å². The average molecular weight is 1510 g/mol. The highest BCUT2D eigenvalue weighted by atomic mass is 15.2. The molecule has 0 unspecified atom stereocenters. The molecule has 5 nitrogen and oxygen atoms in total. The SMILES string of the molecule is [2H]c1c([2H])c([2H])c2c(c1[2H])c1c([2H])c([2H])c([2H])c([2H])c1n2-c1ccc2c(c1)N(c1c(-c3ccccc3)cc(C(C)(C)C)cc1-c1ccccc1)c1cc(-c3cc(C(C)(C)C)cc(C(C)(C)C)c3)cc3c1B2c1ccc(-n2c4ccc(C(C)(C)C)cc4c4cc(C(C)(C)C)ccc42)cc1N3c1c(-c2ccccc2)ccc2c1c1ccccc1n2-c1ccccc1. The van der Waals surface area contributed by atoms with E-state index in [0.29, 0.717) is 5.69 Å². The van der Waals surface area contributed by atoms with Crippen LogP contribution in [0.15, 0.2) is 321 Å². The van der Waals surface area contributed by atoms with Crippen LogP contribution in [0.1, 0.15) is 143 Å². The molecule has 20 rings (SSSR count). The fourth-order valence-electron chi connectivity index (χ4n) is 18.4. The Labute approximate surface area is 694 Å². The Balaban J connectivity index is 1.03. The first-order chi connectivity index (χ1) is 59.0. The van der Waals surface area contributed by atoms with Gasteiger partial charge in [0, 0.05) is 88.8 Å². The van der Waals surface area contributed by atoms with Gasteiger partial charge in [0.1, 0.15) is 0 Å². The monoisotopic (exact) mass is 1510 g/mol. The van der Waals surface area contributed by atoms with Gasteiger partial charge in [0.2, 0.25) is 0 Å². The maximum absolute atomic E-state index is 10.0. The van der Waals surface area contributed by atoms with Gasteiger partial charge in [-0.15, -0.1) is 0 Å². The van der Waals surface area contributed by atoms with Gasteiger partial charge in [-0.25, -0.2) is 0 Å². The number of rotatable bonds is 9. The van der Waals surface area contributed by atoms with Crippen LogP contribution in [0.5, 0.6) is 0 Å². The standard InChI is InChI=1S/C110H98BN5/c1-106(2,3)74-48-55-95-88(63-74)89-64-75(107(4,5)6)49-56-96(89)114(95)81-51-54-91-99(68-81)116(105-82(69-34-20-16-21-35-69)52-57-97-102(105)85-44-30-33-47-94(85)112(97)79-40-26-19-27-41-79)101-61-73(72-58-76(108(7,8)9)62-77(59-72)109(10,11)12)60-100-103(101)111(91)90-53-50-80(113-92-45-31-28-42-83(92)84-43-29-32-46-93(84)113)67-98(90)115(100)104-86(70-36-22-17-23-37-70)65-78(110(13,14)15)66-87(104)71-38-24-18-25-39-71/h16-68H,1-15H3/i28D,29D,31D,32D,42D,43D,45D,46D. The molecule has 2 aliphatic heterocycles. The Morgan fingerprint density at radius 2 is 0.638 bits per heavy atom. The Kier molecular flexibility index (Phi) is 14.5. The van der Waals surface area contributed by atoms with Crippen molar-refractivity contribution in [1.82, 2.24) is 13.7 Å². The largest absolute Gasteiger partial charge is 0.310 e. The number of nitrogens with zero attached hydrogens (tertiary/aromatic N) is 5. The molecule has 0 spiro atoms. The molecule has 0 saturated carbocycles. The lowest BCUT2D eigenvalue weighted by Crippen LogP contribution is -2.61. The predicted molar refractivity (Wildman–Crippen MR) is 499 cm³/mol. The van der Waals surface area contributed by atoms with Crippen LogP contribution in [0.4, 0.5) is 34.1 Å². The molecule has 566 valence electrons. The Morgan fingerprint density at radius 1 is 0.250 bits per heavy atom. The van der Waals surface area contributed by atoms with Crippen molar-refractivity contribution in [2.24, 2.45) is 0 Å². The van der Waals surface area contributed by atoms with E-state index >= 15 is 0 Å². The molecule has 2 aliphatic rings. The minimum absolute atomic E-state index is 0.00577. The van der Waals surface area contributed by atoms with Gasteiger partial charge < -0.3 is 23.5 Å². The number of aromatic nitrogens is 3. The summed E-state index contributed by atoms with van der Waals surface area (Å²) in [4.78, 5) is 5.15. The molecule has 0 saturated heterocycles. The Hall–Kier alpha value is -12.6. The van der Waals surface area contributed by atoms with Gasteiger partial charge in [0.15, 0.2) is 0 Å². The molecular weight excluding hydrogens is 1400 g/mol. The molecule has 0 fully saturated rings. The molecule has 6 heteroatoms. The summed E-state index contributed by atoms with van der Waals surface area (Å²) in [6.07, 6.45) is 0. The fraction of sp³-hybridized carbons (Fsp3) is 0.182. The number of hydrogen-bond donors (Lipinski definition) is 0. The molecule has 0 N–H and O–H groups in total. The highest BCUT2D eigenvalue weighted by Gasteiger charge is 2.47. The van der Waals surface area contributed by atoms with Crippen molar-refractivity contribution in [1.29, 1.82) is 0 Å². The quantitative estimate of drug-likeness (QED) is 0.134. The lowest BCUT2D eigenvalue weighted by Gasteiger charge is -2.46. The van der Waals surface area contributed by atoms with Gasteiger partial charge >= 0.3 is 0 Å². The van der Waals surface area contributed by atoms with Crippen LogP contribution in [-0.4, -0.2) is 20.4 Å². The van der Waals surface area contributed by atoms with Crippen LogP contribution in [0.2, 0.25) is 0 Å². The lowest BCUT2D eigenvalue weighted by molar-refractivity contribution is 0.569. The molecule has 18 aromatic rings. The minimum atomic E-state index is -0.570. The zero-order chi connectivity index (χ0) is 86.8. The highest BCUT2D eigenvalue weighted by molar-refractivity contribution is 7.00. The number of anilines is 6. The third-order valence-electron chi connectivity index (χ3n) is 24.6. The maximum Gasteiger partial charge on any atom is 0.252 e. The minimum Gasteiger partial charge on any atom is -0.310 e. The molecule has 0 radical (unpaired) electrons. The summed E-state index contributed by atoms with van der Waals surface area (Å²) in [5.41, 5.74) is 27.9. The summed E-state index contributed by atoms with van der Waals surface area (Å²) >= 11 is 0. The molecule has 15 aromatic carbocycles. The average Bonchev–Trinajstić information content (AvgIpc) is 0.907. The first-order valence-corrected chi connectivity index (χ1v) is 40.8. The second kappa shape index (κ2) is 26.5. The van der Waals surface area contributed by atoms with E-state index < -0.39 is 43.0 Å². The second-order valence-electron chi connectivity index (χ2n) is 37.2. The van der Waals surface area contributed by atoms with E-state index in [0.717, 1.165) is 145 Å². The number of benzene rings is 15. The van der Waals surface area contributed by atoms with Crippen LogP contribution < -0.4 is 26.2 Å². The van der Waals surface area contributed by atoms with E-state index in [4.69, 9.17) is 0 Å². The van der Waals surface area contributed by atoms with Gasteiger partial charge in [-0.3, -0.25) is 0 Å². The molecule has 0 amide bonds. The molecule has 0 aliphatic carbocycles. The van der Waals surface area contributed by atoms with Crippen molar-refractivity contribution in [2.75, 3.05) is 9.80 Å². The Morgan fingerprint density at radius 3 is 1.12 bits per heavy atom. The number of para-hydroxylation sites is 4. The van der Waals surface area contributed by atoms with Crippen LogP contribution in [0.3, 0.4) is 0 Å². The summed E-state index contributed by atoms with van der Waals surface area (Å²) < 4.78 is 83.5. The fourth-order valence-corrected chi connectivity index (χ4v) is 18.4. The normalized spacial score (nSPS) is 14.2. The van der Waals surface area contributed by atoms with E-state index in [1.807, 2.05) is 6.07 Å². The van der Waals surface area contributed by atoms with Crippen molar-refractivity contribution >= 4 is 123 Å². The van der Waals surface area contributed by atoms with E-state index in [9.17, 15) is 11.0 Å². The summed E-state index contributed by atoms with van der Waals surface area (Å²) in [6.45, 7) is 33.8. The Bertz CT molecular complexity index is 7290. The molecule has 3 aromatic heterocycles. The zero-order valence-corrected chi connectivity index (χ0v) is 68.8. The topological polar surface area (TPSA) is 21.3 Å². The third kappa shape index (κ3) is 11.7. The van der Waals surface area contributed by atoms with Gasteiger partial charge in [-0.1, -0.05) is 316 Å². The summed E-state index contributed by atoms with van der Waals surface area (Å²) in [5, 5.41) is 4.50. The van der Waals surface area contributed by atoms with Crippen molar-refractivity contribution in [2.45, 2.75) is 131 Å². The maximum atomic E-state index is 10.0. The van der Waals surface area contributed by atoms with E-state index in [1.165, 1.54) is 33.0 Å². The number of fused-ring (bicyclic) bond motifs is 13. The lowest BCUT2D eigenvalue weighted by atomic mass is 9.33. The van der Waals surface area contributed by atoms with Gasteiger partial charge in [0.05, 0.1) is 55.4 Å². The van der Waals surface area contributed by atoms with Gasteiger partial charge in [0.25, 0.3) is 6.71 Å². The summed E-state index contributed by atoms with van der Waals surface area (Å²) in [7, 11) is 0. The van der Waals surface area contributed by atoms with E-state index in [2.05, 4.69) is 390 Å². The second-order valence-corrected chi connectivity index (χ2v) is 37.2. The van der Waals surface area contributed by atoms with E-state index in [-0.39, 0.29) is 61.0 Å². The van der Waals surface area contributed by atoms with Gasteiger partial charge in [-0.05, 0) is 208 Å². The van der Waals surface area contributed by atoms with Crippen molar-refractivity contribution in [3.8, 4) is 61.6 Å². The van der Waals surface area contributed by atoms with Crippen molar-refractivity contribution in [3.63, 3.8) is 0 Å². The summed E-state index contributed by atoms with van der Waals surface area (Å²) in [5.74, 6) is 0. The van der Waals surface area contributed by atoms with Gasteiger partial charge in [-0.2, -0.15) is 0 Å². The van der Waals surface area contributed by atoms with Crippen LogP contribution >= 0.6 is 0 Å². The highest BCUT2D eigenvalue weighted by Crippen LogP contribution is 2.57. The van der Waals surface area contributed by atoms with Crippen LogP contribution in [0, 0.1) is 0 Å². The molecule has 116 heavy (non-hydrogen) atoms. The molecule has 5 heterocycles. The van der Waals surface area contributed by atoms with E-state index in [1.54, 1.807) is 4.57 Å². The summed E-state index contributed by atoms with van der Waals surface area (Å²) in [6, 6.07) is 97.7.